The van der Waals surface area contributed by atoms with Crippen LogP contribution in [0.5, 0.6) is 0 Å². The summed E-state index contributed by atoms with van der Waals surface area (Å²) < 4.78 is 10.4. The summed E-state index contributed by atoms with van der Waals surface area (Å²) in [6.07, 6.45) is 1.55. The number of aromatic amines is 1. The lowest BCUT2D eigenvalue weighted by atomic mass is 10.1. The van der Waals surface area contributed by atoms with Gasteiger partial charge in [-0.25, -0.2) is 4.98 Å². The van der Waals surface area contributed by atoms with Gasteiger partial charge in [-0.05, 0) is 24.3 Å². The molecule has 2 aromatic heterocycles. The number of nitriles is 1. The number of ether oxygens (including phenoxy) is 1. The first kappa shape index (κ1) is 19.3. The van der Waals surface area contributed by atoms with Gasteiger partial charge in [-0.1, -0.05) is 12.1 Å². The molecule has 0 saturated carbocycles. The van der Waals surface area contributed by atoms with Crippen molar-refractivity contribution in [3.63, 3.8) is 0 Å². The van der Waals surface area contributed by atoms with E-state index in [1.807, 2.05) is 18.2 Å². The minimum atomic E-state index is -0.642. The molecule has 30 heavy (non-hydrogen) atoms. The second kappa shape index (κ2) is 8.13. The van der Waals surface area contributed by atoms with Gasteiger partial charge in [0.1, 0.15) is 24.0 Å². The summed E-state index contributed by atoms with van der Waals surface area (Å²) >= 11 is 0. The Balaban J connectivity index is 1.40. The van der Waals surface area contributed by atoms with Crippen molar-refractivity contribution < 1.29 is 23.8 Å². The molecule has 1 aliphatic rings. The molecule has 1 aliphatic heterocycles. The number of benzene rings is 1. The van der Waals surface area contributed by atoms with Crippen LogP contribution < -0.4 is 0 Å². The van der Waals surface area contributed by atoms with Crippen molar-refractivity contribution in [1.29, 1.82) is 5.26 Å². The third kappa shape index (κ3) is 3.89. The average Bonchev–Trinajstić information content (AvgIpc) is 3.47. The van der Waals surface area contributed by atoms with Crippen LogP contribution in [0, 0.1) is 17.2 Å². The number of nitrogens with one attached hydrogen (secondary N) is 1. The van der Waals surface area contributed by atoms with Gasteiger partial charge in [-0.2, -0.15) is 5.26 Å². The number of aliphatic hydroxyl groups excluding tert-OH is 1. The van der Waals surface area contributed by atoms with Crippen molar-refractivity contribution in [2.45, 2.75) is 13.0 Å². The number of allylic oxidation sites excluding steroid dienone is 1. The minimum absolute atomic E-state index is 0.0265. The first-order valence-corrected chi connectivity index (χ1v) is 9.29. The van der Waals surface area contributed by atoms with Crippen LogP contribution in [0.3, 0.4) is 0 Å². The van der Waals surface area contributed by atoms with Crippen molar-refractivity contribution in [2.75, 3.05) is 13.2 Å². The number of hydrogen-bond acceptors (Lipinski definition) is 7. The number of carbonyl (C=O) groups excluding carboxylic acids is 2. The summed E-state index contributed by atoms with van der Waals surface area (Å²) in [7, 11) is 0. The van der Waals surface area contributed by atoms with Crippen molar-refractivity contribution in [1.82, 2.24) is 14.9 Å². The Morgan fingerprint density at radius 1 is 1.37 bits per heavy atom. The van der Waals surface area contributed by atoms with E-state index in [2.05, 4.69) is 9.97 Å². The summed E-state index contributed by atoms with van der Waals surface area (Å²) in [6, 6.07) is 12.6. The molecule has 2 N–H and O–H groups in total. The zero-order valence-corrected chi connectivity index (χ0v) is 15.9. The average molecular weight is 406 g/mol. The fourth-order valence-corrected chi connectivity index (χ4v) is 3.33. The van der Waals surface area contributed by atoms with Crippen LogP contribution in [0.2, 0.25) is 0 Å². The van der Waals surface area contributed by atoms with Crippen LogP contribution in [-0.2, 0) is 20.9 Å². The number of hydrogen-bond donors (Lipinski definition) is 2. The molecular formula is C21H18N4O5. The number of fused-ring (bicyclic) bond motifs is 1. The molecule has 9 heteroatoms. The van der Waals surface area contributed by atoms with E-state index in [0.29, 0.717) is 16.8 Å². The number of likely N-dealkylation sites (tertiary alicyclic amines) is 1. The lowest BCUT2D eigenvalue weighted by Gasteiger charge is -2.14. The number of nitrogens with zero attached hydrogens (tertiary/aromatic N) is 3. The number of furan rings is 1. The molecule has 3 aromatic rings. The fraction of sp³-hybridized carbons (Fsp3) is 0.238. The normalized spacial score (nSPS) is 17.1. The van der Waals surface area contributed by atoms with Gasteiger partial charge in [-0.3, -0.25) is 9.59 Å². The molecule has 1 saturated heterocycles. The maximum Gasteiger partial charge on any atom is 0.311 e. The number of aliphatic hydroxyl groups is 1. The van der Waals surface area contributed by atoms with Gasteiger partial charge in [0.2, 0.25) is 5.91 Å². The molecule has 0 bridgehead atoms. The largest absolute Gasteiger partial charge is 0.507 e. The Bertz CT molecular complexity index is 1120. The second-order valence-corrected chi connectivity index (χ2v) is 6.90. The molecule has 1 aromatic carbocycles. The Kier molecular flexibility index (Phi) is 5.22. The zero-order valence-electron chi connectivity index (χ0n) is 15.9. The summed E-state index contributed by atoms with van der Waals surface area (Å²) in [5.41, 5.74) is 1.25. The van der Waals surface area contributed by atoms with Crippen LogP contribution >= 0.6 is 0 Å². The zero-order chi connectivity index (χ0) is 21.1. The van der Waals surface area contributed by atoms with Crippen LogP contribution in [-0.4, -0.2) is 45.0 Å². The highest BCUT2D eigenvalue weighted by Gasteiger charge is 2.35. The van der Waals surface area contributed by atoms with Gasteiger partial charge in [0.25, 0.3) is 0 Å². The minimum Gasteiger partial charge on any atom is -0.507 e. The van der Waals surface area contributed by atoms with E-state index in [1.54, 1.807) is 24.3 Å². The third-order valence-electron chi connectivity index (χ3n) is 4.85. The lowest BCUT2D eigenvalue weighted by molar-refractivity contribution is -0.148. The highest BCUT2D eigenvalue weighted by atomic mass is 16.5. The number of amides is 1. The van der Waals surface area contributed by atoms with E-state index in [9.17, 15) is 20.0 Å². The predicted octanol–water partition coefficient (Wildman–Crippen LogP) is 2.54. The van der Waals surface area contributed by atoms with Crippen LogP contribution in [0.4, 0.5) is 0 Å². The van der Waals surface area contributed by atoms with E-state index in [1.165, 1.54) is 11.2 Å². The molecule has 1 fully saturated rings. The van der Waals surface area contributed by atoms with Crippen molar-refractivity contribution in [3.05, 3.63) is 60.0 Å². The van der Waals surface area contributed by atoms with E-state index in [4.69, 9.17) is 9.15 Å². The van der Waals surface area contributed by atoms with Gasteiger partial charge in [-0.15, -0.1) is 0 Å². The summed E-state index contributed by atoms with van der Waals surface area (Å²) in [5.74, 6) is -1.03. The lowest BCUT2D eigenvalue weighted by Crippen LogP contribution is -2.26. The number of H-pyrrole nitrogens is 1. The molecule has 152 valence electrons. The molecule has 0 unspecified atom stereocenters. The highest BCUT2D eigenvalue weighted by Crippen LogP contribution is 2.23. The van der Waals surface area contributed by atoms with Crippen molar-refractivity contribution >= 4 is 28.5 Å². The maximum absolute atomic E-state index is 12.4. The Morgan fingerprint density at radius 3 is 2.93 bits per heavy atom. The van der Waals surface area contributed by atoms with Gasteiger partial charge in [0, 0.05) is 13.0 Å². The second-order valence-electron chi connectivity index (χ2n) is 6.90. The quantitative estimate of drug-likeness (QED) is 0.365. The highest BCUT2D eigenvalue weighted by molar-refractivity contribution is 5.87. The van der Waals surface area contributed by atoms with Crippen LogP contribution in [0.1, 0.15) is 18.0 Å². The summed E-state index contributed by atoms with van der Waals surface area (Å²) in [6.45, 7) is 0.00453. The van der Waals surface area contributed by atoms with E-state index in [0.717, 1.165) is 0 Å². The monoisotopic (exact) mass is 406 g/mol. The number of esters is 1. The Labute approximate surface area is 171 Å². The van der Waals surface area contributed by atoms with Crippen molar-refractivity contribution in [3.8, 4) is 6.07 Å². The molecule has 1 atom stereocenters. The standard InChI is InChI=1S/C21H18N4O5/c22-9-15(20-23-16-5-1-2-6-17(16)24-20)18(26)12-30-21(28)13-8-19(27)25(10-13)11-14-4-3-7-29-14/h1-7,13,26H,8,10-12H2,(H,23,24)/t13-/m0/s1. The number of imidazole rings is 1. The topological polar surface area (TPSA) is 132 Å². The molecule has 9 nitrogen and oxygen atoms in total. The smallest absolute Gasteiger partial charge is 0.311 e. The molecule has 1 amide bonds. The molecule has 0 spiro atoms. The van der Waals surface area contributed by atoms with E-state index in [-0.39, 0.29) is 36.8 Å². The molecule has 0 radical (unpaired) electrons. The van der Waals surface area contributed by atoms with Crippen molar-refractivity contribution in [2.24, 2.45) is 5.92 Å². The predicted molar refractivity (Wildman–Crippen MR) is 104 cm³/mol. The summed E-state index contributed by atoms with van der Waals surface area (Å²) in [5, 5.41) is 19.7. The number of carbonyl (C=O) groups is 2. The first-order valence-electron chi connectivity index (χ1n) is 9.29. The molecular weight excluding hydrogens is 388 g/mol. The SMILES string of the molecule is N#CC(=C(O)COC(=O)[C@H]1CC(=O)N(Cc2ccco2)C1)c1nc2ccccc2[nH]1. The number of aromatic nitrogens is 2. The van der Waals surface area contributed by atoms with Crippen LogP contribution in [0.25, 0.3) is 16.6 Å². The molecule has 0 aliphatic carbocycles. The van der Waals surface area contributed by atoms with E-state index >= 15 is 0 Å². The van der Waals surface area contributed by atoms with E-state index < -0.39 is 24.3 Å². The molecule has 4 rings (SSSR count). The summed E-state index contributed by atoms with van der Waals surface area (Å²) in [4.78, 5) is 33.2. The third-order valence-corrected chi connectivity index (χ3v) is 4.85. The Morgan fingerprint density at radius 2 is 2.20 bits per heavy atom. The van der Waals surface area contributed by atoms with Gasteiger partial charge in [0.05, 0.1) is 29.8 Å². The maximum atomic E-state index is 12.4. The van der Waals surface area contributed by atoms with Gasteiger partial charge in [0.15, 0.2) is 11.6 Å². The number of para-hydroxylation sites is 2. The number of rotatable bonds is 6. The van der Waals surface area contributed by atoms with Crippen LogP contribution in [0.15, 0.2) is 52.8 Å². The van der Waals surface area contributed by atoms with Gasteiger partial charge < -0.3 is 24.1 Å². The molecule has 3 heterocycles. The first-order chi connectivity index (χ1) is 14.5. The van der Waals surface area contributed by atoms with Gasteiger partial charge >= 0.3 is 5.97 Å². The fourth-order valence-electron chi connectivity index (χ4n) is 3.33. The Hall–Kier alpha value is -4.06.